The summed E-state index contributed by atoms with van der Waals surface area (Å²) in [6.45, 7) is 0. The second-order valence-corrected chi connectivity index (χ2v) is 8.01. The topological polar surface area (TPSA) is 43.4 Å². The van der Waals surface area contributed by atoms with Crippen LogP contribution in [0, 0.1) is 0 Å². The van der Waals surface area contributed by atoms with E-state index in [1.165, 1.54) is 0 Å². The number of benzene rings is 4. The molecule has 0 bridgehead atoms. The molecule has 0 aliphatic heterocycles. The summed E-state index contributed by atoms with van der Waals surface area (Å²) >= 11 is 0. The van der Waals surface area contributed by atoms with Crippen molar-refractivity contribution in [3.05, 3.63) is 143 Å². The minimum atomic E-state index is -0.135. The molecule has 1 aliphatic carbocycles. The zero-order valence-electron chi connectivity index (χ0n) is 18.7. The van der Waals surface area contributed by atoms with E-state index in [9.17, 15) is 9.59 Å². The van der Waals surface area contributed by atoms with Crippen LogP contribution in [0.2, 0.25) is 0 Å². The Morgan fingerprint density at radius 2 is 1.21 bits per heavy atom. The average Bonchev–Trinajstić information content (AvgIpc) is 3.29. The molecule has 0 heterocycles. The molecule has 164 valence electrons. The predicted octanol–water partition coefficient (Wildman–Crippen LogP) is 6.77. The molecule has 0 radical (unpaired) electrons. The highest BCUT2D eigenvalue weighted by molar-refractivity contribution is 6.41. The first kappa shape index (κ1) is 21.4. The Morgan fingerprint density at radius 3 is 1.85 bits per heavy atom. The van der Waals surface area contributed by atoms with Gasteiger partial charge in [0, 0.05) is 27.8 Å². The third-order valence-corrected chi connectivity index (χ3v) is 5.97. The Kier molecular flexibility index (Phi) is 5.75. The van der Waals surface area contributed by atoms with Gasteiger partial charge in [-0.1, -0.05) is 97.1 Å². The summed E-state index contributed by atoms with van der Waals surface area (Å²) in [7, 11) is 1.61. The predicted molar refractivity (Wildman–Crippen MR) is 136 cm³/mol. The van der Waals surface area contributed by atoms with E-state index in [-0.39, 0.29) is 11.6 Å². The molecule has 34 heavy (non-hydrogen) atoms. The highest BCUT2D eigenvalue weighted by Crippen LogP contribution is 2.43. The SMILES string of the molecule is COc1ccc(/C(C(=O)c2ccccc2)=C2/C(C(=O)c3ccccc3)=Cc3ccccc32)cc1. The average molecular weight is 443 g/mol. The van der Waals surface area contributed by atoms with Crippen molar-refractivity contribution in [1.82, 2.24) is 0 Å². The number of carbonyl (C=O) groups excluding carboxylic acids is 2. The van der Waals surface area contributed by atoms with Gasteiger partial charge in [0.15, 0.2) is 11.6 Å². The molecule has 0 spiro atoms. The van der Waals surface area contributed by atoms with E-state index in [4.69, 9.17) is 4.74 Å². The van der Waals surface area contributed by atoms with Gasteiger partial charge in [0.05, 0.1) is 7.11 Å². The molecule has 0 amide bonds. The molecule has 0 saturated carbocycles. The lowest BCUT2D eigenvalue weighted by atomic mass is 9.85. The first-order chi connectivity index (χ1) is 16.7. The molecule has 0 atom stereocenters. The van der Waals surface area contributed by atoms with Crippen LogP contribution >= 0.6 is 0 Å². The normalized spacial score (nSPS) is 13.6. The largest absolute Gasteiger partial charge is 0.497 e. The van der Waals surface area contributed by atoms with Gasteiger partial charge in [-0.25, -0.2) is 0 Å². The standard InChI is InChI=1S/C31H22O3/c1-34-25-18-16-21(17-19-25)28(31(33)23-12-6-3-7-13-23)29-26-15-9-8-14-24(26)20-27(29)30(32)22-10-4-2-5-11-22/h2-20H,1H3/b29-28-. The second kappa shape index (κ2) is 9.16. The van der Waals surface area contributed by atoms with Gasteiger partial charge >= 0.3 is 0 Å². The fourth-order valence-electron chi connectivity index (χ4n) is 4.30. The van der Waals surface area contributed by atoms with Crippen molar-refractivity contribution in [2.45, 2.75) is 0 Å². The Bertz CT molecular complexity index is 1430. The van der Waals surface area contributed by atoms with Gasteiger partial charge in [-0.3, -0.25) is 9.59 Å². The van der Waals surface area contributed by atoms with Crippen molar-refractivity contribution >= 4 is 28.8 Å². The van der Waals surface area contributed by atoms with Gasteiger partial charge in [-0.15, -0.1) is 0 Å². The number of carbonyl (C=O) groups is 2. The number of fused-ring (bicyclic) bond motifs is 1. The Balaban J connectivity index is 1.79. The maximum Gasteiger partial charge on any atom is 0.194 e. The molecule has 4 aromatic carbocycles. The van der Waals surface area contributed by atoms with Gasteiger partial charge in [0.25, 0.3) is 0 Å². The summed E-state index contributed by atoms with van der Waals surface area (Å²) < 4.78 is 5.33. The molecule has 4 aromatic rings. The smallest absolute Gasteiger partial charge is 0.194 e. The van der Waals surface area contributed by atoms with E-state index in [0.29, 0.717) is 33.6 Å². The number of Topliss-reactive ketones (excluding diaryl/α,β-unsaturated/α-hetero) is 2. The number of hydrogen-bond donors (Lipinski definition) is 0. The summed E-state index contributed by atoms with van der Waals surface area (Å²) in [6.07, 6.45) is 1.89. The summed E-state index contributed by atoms with van der Waals surface area (Å²) in [5, 5.41) is 0. The van der Waals surface area contributed by atoms with Crippen molar-refractivity contribution in [3.8, 4) is 5.75 Å². The molecule has 0 N–H and O–H groups in total. The van der Waals surface area contributed by atoms with E-state index in [1.807, 2.05) is 91.0 Å². The monoisotopic (exact) mass is 442 g/mol. The lowest BCUT2D eigenvalue weighted by molar-refractivity contribution is 0.104. The number of methoxy groups -OCH3 is 1. The summed E-state index contributed by atoms with van der Waals surface area (Å²) in [5.74, 6) is 0.450. The van der Waals surface area contributed by atoms with Crippen molar-refractivity contribution in [2.75, 3.05) is 7.11 Å². The first-order valence-corrected chi connectivity index (χ1v) is 11.1. The third-order valence-electron chi connectivity index (χ3n) is 5.97. The maximum atomic E-state index is 14.0. The van der Waals surface area contributed by atoms with Crippen LogP contribution in [0.4, 0.5) is 0 Å². The fraction of sp³-hybridized carbons (Fsp3) is 0.0323. The van der Waals surface area contributed by atoms with Gasteiger partial charge in [-0.2, -0.15) is 0 Å². The van der Waals surface area contributed by atoms with Crippen molar-refractivity contribution in [3.63, 3.8) is 0 Å². The van der Waals surface area contributed by atoms with E-state index in [2.05, 4.69) is 0 Å². The van der Waals surface area contributed by atoms with Crippen molar-refractivity contribution < 1.29 is 14.3 Å². The van der Waals surface area contributed by atoms with Crippen LogP contribution in [-0.4, -0.2) is 18.7 Å². The molecule has 3 heteroatoms. The molecule has 1 aliphatic rings. The van der Waals surface area contributed by atoms with Crippen molar-refractivity contribution in [2.24, 2.45) is 0 Å². The Hall–Kier alpha value is -4.50. The molecule has 3 nitrogen and oxygen atoms in total. The highest BCUT2D eigenvalue weighted by Gasteiger charge is 2.31. The van der Waals surface area contributed by atoms with Crippen LogP contribution in [0.25, 0.3) is 17.2 Å². The zero-order chi connectivity index (χ0) is 23.5. The van der Waals surface area contributed by atoms with Crippen molar-refractivity contribution in [1.29, 1.82) is 0 Å². The van der Waals surface area contributed by atoms with E-state index in [1.54, 1.807) is 31.4 Å². The molecule has 5 rings (SSSR count). The number of rotatable bonds is 6. The van der Waals surface area contributed by atoms with Crippen LogP contribution in [0.5, 0.6) is 5.75 Å². The number of ketones is 2. The zero-order valence-corrected chi connectivity index (χ0v) is 18.7. The minimum Gasteiger partial charge on any atom is -0.497 e. The van der Waals surface area contributed by atoms with E-state index < -0.39 is 0 Å². The van der Waals surface area contributed by atoms with Crippen LogP contribution < -0.4 is 4.74 Å². The number of hydrogen-bond acceptors (Lipinski definition) is 3. The highest BCUT2D eigenvalue weighted by atomic mass is 16.5. The Morgan fingerprint density at radius 1 is 0.618 bits per heavy atom. The van der Waals surface area contributed by atoms with Gasteiger partial charge in [0.1, 0.15) is 5.75 Å². The summed E-state index contributed by atoms with van der Waals surface area (Å²) in [4.78, 5) is 27.7. The minimum absolute atomic E-state index is 0.112. The molecule has 0 aromatic heterocycles. The fourth-order valence-corrected chi connectivity index (χ4v) is 4.30. The maximum absolute atomic E-state index is 14.0. The molecule has 0 saturated heterocycles. The molecular weight excluding hydrogens is 420 g/mol. The molecule has 0 unspecified atom stereocenters. The van der Waals surface area contributed by atoms with E-state index in [0.717, 1.165) is 16.7 Å². The van der Waals surface area contributed by atoms with E-state index >= 15 is 0 Å². The first-order valence-electron chi connectivity index (χ1n) is 11.1. The van der Waals surface area contributed by atoms with Crippen LogP contribution in [0.15, 0.2) is 115 Å². The van der Waals surface area contributed by atoms with Crippen LogP contribution in [0.1, 0.15) is 37.4 Å². The van der Waals surface area contributed by atoms with Gasteiger partial charge < -0.3 is 4.74 Å². The van der Waals surface area contributed by atoms with Gasteiger partial charge in [0.2, 0.25) is 0 Å². The second-order valence-electron chi connectivity index (χ2n) is 8.01. The number of allylic oxidation sites excluding steroid dienone is 3. The van der Waals surface area contributed by atoms with Gasteiger partial charge in [-0.05, 0) is 34.9 Å². The quantitative estimate of drug-likeness (QED) is 0.244. The van der Waals surface area contributed by atoms with Crippen LogP contribution in [0.3, 0.4) is 0 Å². The van der Waals surface area contributed by atoms with Crippen LogP contribution in [-0.2, 0) is 0 Å². The Labute approximate surface area is 198 Å². The summed E-state index contributed by atoms with van der Waals surface area (Å²) in [5.41, 5.74) is 5.34. The molecular formula is C31H22O3. The summed E-state index contributed by atoms with van der Waals surface area (Å²) in [6, 6.07) is 33.6. The lowest BCUT2D eigenvalue weighted by Crippen LogP contribution is -2.10. The third kappa shape index (κ3) is 3.89. The number of ether oxygens (including phenoxy) is 1. The lowest BCUT2D eigenvalue weighted by Gasteiger charge is -2.16. The molecule has 0 fully saturated rings.